The number of pyridine rings is 1. The van der Waals surface area contributed by atoms with Gasteiger partial charge in [0.05, 0.1) is 18.0 Å². The molecule has 128 valence electrons. The topological polar surface area (TPSA) is 78.1 Å². The third-order valence-electron chi connectivity index (χ3n) is 4.08. The fraction of sp³-hybridized carbons (Fsp3) is 0.211. The van der Waals surface area contributed by atoms with Crippen LogP contribution in [-0.4, -0.2) is 40.8 Å². The van der Waals surface area contributed by atoms with Gasteiger partial charge in [0.1, 0.15) is 5.65 Å². The Morgan fingerprint density at radius 2 is 1.92 bits per heavy atom. The highest BCUT2D eigenvalue weighted by Gasteiger charge is 2.21. The molecular formula is C19H20N4O2. The van der Waals surface area contributed by atoms with Gasteiger partial charge in [-0.2, -0.15) is 0 Å². The minimum Gasteiger partial charge on any atom is -0.349 e. The summed E-state index contributed by atoms with van der Waals surface area (Å²) in [7, 11) is 3.41. The Morgan fingerprint density at radius 3 is 2.64 bits per heavy atom. The molecule has 3 aromatic rings. The van der Waals surface area contributed by atoms with Crippen molar-refractivity contribution < 1.29 is 9.59 Å². The average Bonchev–Trinajstić information content (AvgIpc) is 3.06. The lowest BCUT2D eigenvalue weighted by molar-refractivity contribution is -0.129. The van der Waals surface area contributed by atoms with Crippen LogP contribution in [0.5, 0.6) is 0 Å². The quantitative estimate of drug-likeness (QED) is 0.751. The van der Waals surface area contributed by atoms with Crippen LogP contribution in [0.1, 0.15) is 28.4 Å². The maximum atomic E-state index is 12.8. The molecule has 0 fully saturated rings. The van der Waals surface area contributed by atoms with Crippen molar-refractivity contribution in [2.45, 2.75) is 12.5 Å². The first-order valence-corrected chi connectivity index (χ1v) is 8.04. The molecule has 6 heteroatoms. The molecule has 2 aromatic heterocycles. The van der Waals surface area contributed by atoms with Crippen LogP contribution < -0.4 is 5.32 Å². The van der Waals surface area contributed by atoms with Crippen molar-refractivity contribution in [1.82, 2.24) is 20.2 Å². The molecule has 0 aliphatic heterocycles. The van der Waals surface area contributed by atoms with E-state index in [9.17, 15) is 9.59 Å². The van der Waals surface area contributed by atoms with Crippen LogP contribution >= 0.6 is 0 Å². The summed E-state index contributed by atoms with van der Waals surface area (Å²) >= 11 is 0. The summed E-state index contributed by atoms with van der Waals surface area (Å²) in [4.78, 5) is 33.7. The van der Waals surface area contributed by atoms with Gasteiger partial charge in [-0.15, -0.1) is 0 Å². The molecule has 1 atom stereocenters. The van der Waals surface area contributed by atoms with Gasteiger partial charge in [-0.25, -0.2) is 4.98 Å². The van der Waals surface area contributed by atoms with Gasteiger partial charge >= 0.3 is 0 Å². The standard InChI is InChI=1S/C19H20N4O2/c1-23(2)17(24)11-16(13-7-4-3-5-8-13)22-19(25)15-12-21-18-14(15)9-6-10-20-18/h3-10,12,16H,11H2,1-2H3,(H,20,21)(H,22,25)/t16-/m1/s1. The molecular weight excluding hydrogens is 316 g/mol. The zero-order valence-corrected chi connectivity index (χ0v) is 14.2. The lowest BCUT2D eigenvalue weighted by atomic mass is 10.0. The fourth-order valence-electron chi connectivity index (χ4n) is 2.67. The summed E-state index contributed by atoms with van der Waals surface area (Å²) in [6, 6.07) is 12.7. The minimum atomic E-state index is -0.398. The van der Waals surface area contributed by atoms with Gasteiger partial charge in [-0.3, -0.25) is 9.59 Å². The molecule has 2 amide bonds. The molecule has 2 N–H and O–H groups in total. The number of carbonyl (C=O) groups excluding carboxylic acids is 2. The molecule has 6 nitrogen and oxygen atoms in total. The smallest absolute Gasteiger partial charge is 0.254 e. The number of amides is 2. The molecule has 0 saturated heterocycles. The van der Waals surface area contributed by atoms with Crippen molar-refractivity contribution in [3.05, 3.63) is 66.0 Å². The zero-order valence-electron chi connectivity index (χ0n) is 14.2. The SMILES string of the molecule is CN(C)C(=O)C[C@@H](NC(=O)c1c[nH]c2ncccc12)c1ccccc1. The molecule has 0 spiro atoms. The van der Waals surface area contributed by atoms with Crippen LogP contribution in [-0.2, 0) is 4.79 Å². The lowest BCUT2D eigenvalue weighted by Crippen LogP contribution is -2.33. The van der Waals surface area contributed by atoms with Crippen LogP contribution in [0.2, 0.25) is 0 Å². The Labute approximate surface area is 145 Å². The van der Waals surface area contributed by atoms with Crippen LogP contribution in [0, 0.1) is 0 Å². The number of aromatic amines is 1. The molecule has 0 radical (unpaired) electrons. The summed E-state index contributed by atoms with van der Waals surface area (Å²) in [6.45, 7) is 0. The number of aromatic nitrogens is 2. The first-order valence-electron chi connectivity index (χ1n) is 8.04. The van der Waals surface area contributed by atoms with Crippen molar-refractivity contribution >= 4 is 22.8 Å². The number of carbonyl (C=O) groups is 2. The molecule has 1 aromatic carbocycles. The normalized spacial score (nSPS) is 11.9. The molecule has 0 aliphatic carbocycles. The Bertz CT molecular complexity index is 887. The lowest BCUT2D eigenvalue weighted by Gasteiger charge is -2.20. The van der Waals surface area contributed by atoms with Crippen LogP contribution in [0.3, 0.4) is 0 Å². The molecule has 0 saturated carbocycles. The van der Waals surface area contributed by atoms with E-state index in [1.165, 1.54) is 4.90 Å². The monoisotopic (exact) mass is 336 g/mol. The number of H-pyrrole nitrogens is 1. The molecule has 0 unspecified atom stereocenters. The average molecular weight is 336 g/mol. The predicted molar refractivity (Wildman–Crippen MR) is 96.1 cm³/mol. The van der Waals surface area contributed by atoms with E-state index < -0.39 is 6.04 Å². The van der Waals surface area contributed by atoms with E-state index in [0.717, 1.165) is 10.9 Å². The van der Waals surface area contributed by atoms with Gasteiger partial charge in [0, 0.05) is 31.9 Å². The molecule has 25 heavy (non-hydrogen) atoms. The number of fused-ring (bicyclic) bond motifs is 1. The fourth-order valence-corrected chi connectivity index (χ4v) is 2.67. The number of hydrogen-bond donors (Lipinski definition) is 2. The number of nitrogens with one attached hydrogen (secondary N) is 2. The van der Waals surface area contributed by atoms with E-state index in [1.54, 1.807) is 32.6 Å². The summed E-state index contributed by atoms with van der Waals surface area (Å²) < 4.78 is 0. The van der Waals surface area contributed by atoms with E-state index in [0.29, 0.717) is 11.2 Å². The van der Waals surface area contributed by atoms with Gasteiger partial charge in [-0.1, -0.05) is 30.3 Å². The highest BCUT2D eigenvalue weighted by atomic mass is 16.2. The largest absolute Gasteiger partial charge is 0.349 e. The number of benzene rings is 1. The summed E-state index contributed by atoms with van der Waals surface area (Å²) in [5.74, 6) is -0.283. The zero-order chi connectivity index (χ0) is 17.8. The predicted octanol–water partition coefficient (Wildman–Crippen LogP) is 2.51. The van der Waals surface area contributed by atoms with Gasteiger partial charge in [0.15, 0.2) is 0 Å². The van der Waals surface area contributed by atoms with E-state index in [4.69, 9.17) is 0 Å². The van der Waals surface area contributed by atoms with Gasteiger partial charge in [-0.05, 0) is 17.7 Å². The van der Waals surface area contributed by atoms with Gasteiger partial charge in [0.2, 0.25) is 5.91 Å². The summed E-state index contributed by atoms with van der Waals surface area (Å²) in [5.41, 5.74) is 2.07. The van der Waals surface area contributed by atoms with E-state index in [1.807, 2.05) is 36.4 Å². The highest BCUT2D eigenvalue weighted by molar-refractivity contribution is 6.06. The van der Waals surface area contributed by atoms with Crippen molar-refractivity contribution in [3.8, 4) is 0 Å². The Kier molecular flexibility index (Phi) is 4.79. The third-order valence-corrected chi connectivity index (χ3v) is 4.08. The molecule has 3 rings (SSSR count). The molecule has 0 aliphatic rings. The highest BCUT2D eigenvalue weighted by Crippen LogP contribution is 2.21. The number of hydrogen-bond acceptors (Lipinski definition) is 3. The number of rotatable bonds is 5. The molecule has 0 bridgehead atoms. The van der Waals surface area contributed by atoms with E-state index >= 15 is 0 Å². The second-order valence-corrected chi connectivity index (χ2v) is 6.03. The minimum absolute atomic E-state index is 0.0465. The first-order chi connectivity index (χ1) is 12.1. The van der Waals surface area contributed by atoms with Crippen molar-refractivity contribution in [3.63, 3.8) is 0 Å². The number of nitrogens with zero attached hydrogens (tertiary/aromatic N) is 2. The van der Waals surface area contributed by atoms with Crippen molar-refractivity contribution in [2.75, 3.05) is 14.1 Å². The van der Waals surface area contributed by atoms with E-state index in [2.05, 4.69) is 15.3 Å². The van der Waals surface area contributed by atoms with Crippen molar-refractivity contribution in [2.24, 2.45) is 0 Å². The summed E-state index contributed by atoms with van der Waals surface area (Å²) in [6.07, 6.45) is 3.51. The van der Waals surface area contributed by atoms with Crippen LogP contribution in [0.15, 0.2) is 54.9 Å². The van der Waals surface area contributed by atoms with Crippen LogP contribution in [0.25, 0.3) is 11.0 Å². The van der Waals surface area contributed by atoms with Crippen molar-refractivity contribution in [1.29, 1.82) is 0 Å². The maximum absolute atomic E-state index is 12.8. The maximum Gasteiger partial charge on any atom is 0.254 e. The Hall–Kier alpha value is -3.15. The third kappa shape index (κ3) is 3.68. The Morgan fingerprint density at radius 1 is 1.16 bits per heavy atom. The second-order valence-electron chi connectivity index (χ2n) is 6.03. The van der Waals surface area contributed by atoms with Gasteiger partial charge < -0.3 is 15.2 Å². The van der Waals surface area contributed by atoms with E-state index in [-0.39, 0.29) is 18.2 Å². The second kappa shape index (κ2) is 7.17. The summed E-state index contributed by atoms with van der Waals surface area (Å²) in [5, 5.41) is 3.73. The Balaban J connectivity index is 1.86. The first kappa shape index (κ1) is 16.7. The van der Waals surface area contributed by atoms with Crippen LogP contribution in [0.4, 0.5) is 0 Å². The molecule has 2 heterocycles. The van der Waals surface area contributed by atoms with Gasteiger partial charge in [0.25, 0.3) is 5.91 Å².